The molecule has 1 fully saturated rings. The summed E-state index contributed by atoms with van der Waals surface area (Å²) in [6, 6.07) is 10.1. The number of halogens is 2. The Balaban J connectivity index is 1.69. The van der Waals surface area contributed by atoms with E-state index in [1.807, 2.05) is 0 Å². The van der Waals surface area contributed by atoms with E-state index in [9.17, 15) is 18.4 Å². The van der Waals surface area contributed by atoms with Crippen LogP contribution >= 0.6 is 0 Å². The van der Waals surface area contributed by atoms with E-state index in [1.165, 1.54) is 42.3 Å². The predicted octanol–water partition coefficient (Wildman–Crippen LogP) is 2.64. The highest BCUT2D eigenvalue weighted by Gasteiger charge is 2.35. The second-order valence-electron chi connectivity index (χ2n) is 6.05. The molecule has 1 aliphatic rings. The minimum absolute atomic E-state index is 0.0525. The second kappa shape index (κ2) is 7.51. The van der Waals surface area contributed by atoms with Crippen LogP contribution in [-0.2, 0) is 16.2 Å². The Hall–Kier alpha value is -2.96. The van der Waals surface area contributed by atoms with Gasteiger partial charge in [-0.1, -0.05) is 12.1 Å². The Bertz CT molecular complexity index is 841. The van der Waals surface area contributed by atoms with Crippen LogP contribution in [0.5, 0.6) is 5.75 Å². The van der Waals surface area contributed by atoms with E-state index < -0.39 is 11.7 Å². The largest absolute Gasteiger partial charge is 0.489 e. The van der Waals surface area contributed by atoms with Crippen molar-refractivity contribution in [3.8, 4) is 5.75 Å². The lowest BCUT2D eigenvalue weighted by Crippen LogP contribution is -2.30. The molecule has 3 rings (SSSR count). The summed E-state index contributed by atoms with van der Waals surface area (Å²) in [6.45, 7) is 0.233. The van der Waals surface area contributed by atoms with Gasteiger partial charge >= 0.3 is 0 Å². The molecule has 0 aromatic heterocycles. The lowest BCUT2D eigenvalue weighted by Gasteiger charge is -2.18. The van der Waals surface area contributed by atoms with Crippen LogP contribution < -0.4 is 15.0 Å². The monoisotopic (exact) mass is 360 g/mol. The highest BCUT2D eigenvalue weighted by Crippen LogP contribution is 2.30. The summed E-state index contributed by atoms with van der Waals surface area (Å²) in [6.07, 6.45) is 0.0525. The standard InChI is InChI=1S/C19H18F2N2O3/c1-22-19(25)13-8-18(24)23(10-13)17-6-5-15(9-16(17)21)26-11-12-3-2-4-14(20)7-12/h2-7,9,13H,8,10-11H2,1H3,(H,22,25). The molecule has 7 heteroatoms. The fraction of sp³-hybridized carbons (Fsp3) is 0.263. The summed E-state index contributed by atoms with van der Waals surface area (Å²) in [4.78, 5) is 25.1. The number of anilines is 1. The van der Waals surface area contributed by atoms with E-state index in [-0.39, 0.29) is 48.6 Å². The van der Waals surface area contributed by atoms with E-state index in [4.69, 9.17) is 4.74 Å². The molecule has 26 heavy (non-hydrogen) atoms. The number of carbonyl (C=O) groups excluding carboxylic acids is 2. The van der Waals surface area contributed by atoms with Gasteiger partial charge in [-0.25, -0.2) is 8.78 Å². The molecule has 5 nitrogen and oxygen atoms in total. The zero-order valence-corrected chi connectivity index (χ0v) is 14.2. The predicted molar refractivity (Wildman–Crippen MR) is 91.7 cm³/mol. The van der Waals surface area contributed by atoms with Gasteiger partial charge in [0.1, 0.15) is 18.2 Å². The molecule has 0 aliphatic carbocycles. The Kier molecular flexibility index (Phi) is 5.16. The van der Waals surface area contributed by atoms with Crippen LogP contribution in [-0.4, -0.2) is 25.4 Å². The van der Waals surface area contributed by atoms with Gasteiger partial charge in [0, 0.05) is 26.1 Å². The zero-order chi connectivity index (χ0) is 18.7. The van der Waals surface area contributed by atoms with Crippen LogP contribution in [0.4, 0.5) is 14.5 Å². The molecule has 1 heterocycles. The first-order valence-corrected chi connectivity index (χ1v) is 8.16. The fourth-order valence-electron chi connectivity index (χ4n) is 2.91. The van der Waals surface area contributed by atoms with Gasteiger partial charge in [0.2, 0.25) is 11.8 Å². The van der Waals surface area contributed by atoms with Crippen molar-refractivity contribution in [3.63, 3.8) is 0 Å². The van der Waals surface area contributed by atoms with E-state index in [0.717, 1.165) is 0 Å². The Labute approximate surface area is 149 Å². The summed E-state index contributed by atoms with van der Waals surface area (Å²) in [5.41, 5.74) is 0.733. The minimum atomic E-state index is -0.618. The quantitative estimate of drug-likeness (QED) is 0.892. The lowest BCUT2D eigenvalue weighted by atomic mass is 10.1. The SMILES string of the molecule is CNC(=O)C1CC(=O)N(c2ccc(OCc3cccc(F)c3)cc2F)C1. The van der Waals surface area contributed by atoms with Crippen molar-refractivity contribution in [2.45, 2.75) is 13.0 Å². The first-order valence-electron chi connectivity index (χ1n) is 8.16. The first kappa shape index (κ1) is 17.8. The Morgan fingerprint density at radius 1 is 1.27 bits per heavy atom. The van der Waals surface area contributed by atoms with Gasteiger partial charge in [0.15, 0.2) is 5.82 Å². The van der Waals surface area contributed by atoms with E-state index >= 15 is 0 Å². The molecule has 0 radical (unpaired) electrons. The van der Waals surface area contributed by atoms with E-state index in [2.05, 4.69) is 5.32 Å². The van der Waals surface area contributed by atoms with Crippen LogP contribution in [0.3, 0.4) is 0 Å². The first-order chi connectivity index (χ1) is 12.5. The van der Waals surface area contributed by atoms with Gasteiger partial charge in [-0.05, 0) is 29.8 Å². The van der Waals surface area contributed by atoms with Crippen molar-refractivity contribution >= 4 is 17.5 Å². The number of amides is 2. The van der Waals surface area contributed by atoms with Crippen LogP contribution in [0.1, 0.15) is 12.0 Å². The molecule has 2 aromatic rings. The highest BCUT2D eigenvalue weighted by atomic mass is 19.1. The molecular weight excluding hydrogens is 342 g/mol. The number of hydrogen-bond donors (Lipinski definition) is 1. The minimum Gasteiger partial charge on any atom is -0.489 e. The van der Waals surface area contributed by atoms with Crippen molar-refractivity contribution in [2.75, 3.05) is 18.5 Å². The molecule has 1 aliphatic heterocycles. The van der Waals surface area contributed by atoms with Crippen molar-refractivity contribution in [1.82, 2.24) is 5.32 Å². The molecule has 1 saturated heterocycles. The normalized spacial score (nSPS) is 16.7. The molecule has 1 unspecified atom stereocenters. The van der Waals surface area contributed by atoms with E-state index in [1.54, 1.807) is 12.1 Å². The van der Waals surface area contributed by atoms with Gasteiger partial charge in [-0.3, -0.25) is 9.59 Å². The number of rotatable bonds is 5. The highest BCUT2D eigenvalue weighted by molar-refractivity contribution is 6.00. The number of benzene rings is 2. The molecule has 2 aromatic carbocycles. The maximum absolute atomic E-state index is 14.4. The number of carbonyl (C=O) groups is 2. The summed E-state index contributed by atoms with van der Waals surface area (Å²) in [7, 11) is 1.50. The van der Waals surface area contributed by atoms with Gasteiger partial charge < -0.3 is 15.0 Å². The van der Waals surface area contributed by atoms with Crippen LogP contribution in [0.2, 0.25) is 0 Å². The van der Waals surface area contributed by atoms with Crippen LogP contribution in [0.15, 0.2) is 42.5 Å². The maximum Gasteiger partial charge on any atom is 0.227 e. The van der Waals surface area contributed by atoms with Gasteiger partial charge in [0.25, 0.3) is 0 Å². The average Bonchev–Trinajstić information content (AvgIpc) is 3.01. The Morgan fingerprint density at radius 3 is 2.77 bits per heavy atom. The Morgan fingerprint density at radius 2 is 2.08 bits per heavy atom. The molecule has 0 spiro atoms. The number of nitrogens with zero attached hydrogens (tertiary/aromatic N) is 1. The third-order valence-electron chi connectivity index (χ3n) is 4.25. The van der Waals surface area contributed by atoms with Gasteiger partial charge in [0.05, 0.1) is 11.6 Å². The maximum atomic E-state index is 14.4. The van der Waals surface area contributed by atoms with Crippen molar-refractivity contribution in [2.24, 2.45) is 5.92 Å². The van der Waals surface area contributed by atoms with Gasteiger partial charge in [-0.2, -0.15) is 0 Å². The summed E-state index contributed by atoms with van der Waals surface area (Å²) in [5, 5.41) is 2.50. The molecule has 1 atom stereocenters. The fourth-order valence-corrected chi connectivity index (χ4v) is 2.91. The number of ether oxygens (including phenoxy) is 1. The number of hydrogen-bond acceptors (Lipinski definition) is 3. The molecule has 0 saturated carbocycles. The smallest absolute Gasteiger partial charge is 0.227 e. The summed E-state index contributed by atoms with van der Waals surface area (Å²) >= 11 is 0. The third-order valence-corrected chi connectivity index (χ3v) is 4.25. The topological polar surface area (TPSA) is 58.6 Å². The van der Waals surface area contributed by atoms with Crippen molar-refractivity contribution in [1.29, 1.82) is 0 Å². The summed E-state index contributed by atoms with van der Waals surface area (Å²) in [5.74, 6) is -1.75. The lowest BCUT2D eigenvalue weighted by molar-refractivity contribution is -0.125. The van der Waals surface area contributed by atoms with Crippen LogP contribution in [0.25, 0.3) is 0 Å². The van der Waals surface area contributed by atoms with Gasteiger partial charge in [-0.15, -0.1) is 0 Å². The molecule has 1 N–H and O–H groups in total. The molecular formula is C19H18F2N2O3. The van der Waals surface area contributed by atoms with E-state index in [0.29, 0.717) is 5.56 Å². The zero-order valence-electron chi connectivity index (χ0n) is 14.2. The summed E-state index contributed by atoms with van der Waals surface area (Å²) < 4.78 is 33.1. The molecule has 136 valence electrons. The third kappa shape index (κ3) is 3.82. The molecule has 0 bridgehead atoms. The number of nitrogens with one attached hydrogen (secondary N) is 1. The second-order valence-corrected chi connectivity index (χ2v) is 6.05. The van der Waals surface area contributed by atoms with Crippen molar-refractivity contribution < 1.29 is 23.1 Å². The average molecular weight is 360 g/mol. The molecule has 2 amide bonds. The van der Waals surface area contributed by atoms with Crippen molar-refractivity contribution in [3.05, 3.63) is 59.7 Å². The van der Waals surface area contributed by atoms with Crippen LogP contribution in [0, 0.1) is 17.6 Å².